The zero-order valence-electron chi connectivity index (χ0n) is 11.6. The molecule has 3 rings (SSSR count). The van der Waals surface area contributed by atoms with Gasteiger partial charge in [0.1, 0.15) is 5.82 Å². The molecule has 106 valence electrons. The topological polar surface area (TPSA) is 58.3 Å². The summed E-state index contributed by atoms with van der Waals surface area (Å²) in [6.07, 6.45) is 3.74. The molecule has 1 saturated heterocycles. The Kier molecular flexibility index (Phi) is 3.84. The van der Waals surface area contributed by atoms with E-state index in [-0.39, 0.29) is 6.04 Å². The van der Waals surface area contributed by atoms with Crippen molar-refractivity contribution in [3.05, 3.63) is 35.5 Å². The van der Waals surface area contributed by atoms with Crippen LogP contribution in [0.2, 0.25) is 0 Å². The van der Waals surface area contributed by atoms with Crippen molar-refractivity contribution < 1.29 is 0 Å². The molecule has 3 heterocycles. The Morgan fingerprint density at radius 2 is 1.90 bits per heavy atom. The van der Waals surface area contributed by atoms with E-state index in [1.807, 2.05) is 31.5 Å². The second-order valence-electron chi connectivity index (χ2n) is 5.00. The zero-order valence-corrected chi connectivity index (χ0v) is 12.4. The number of anilines is 2. The standard InChI is InChI=1S/C14H19N5S/c1-11(15)12-10-17-14(20-12)19-8-6-18(7-9-19)13-4-2-3-5-16-13/h2-5,10-11H,6-9,15H2,1H3. The Morgan fingerprint density at radius 1 is 1.15 bits per heavy atom. The van der Waals surface area contributed by atoms with Gasteiger partial charge in [0, 0.05) is 49.5 Å². The highest BCUT2D eigenvalue weighted by molar-refractivity contribution is 7.15. The molecule has 1 fully saturated rings. The molecule has 20 heavy (non-hydrogen) atoms. The van der Waals surface area contributed by atoms with Crippen LogP contribution in [0, 0.1) is 0 Å². The summed E-state index contributed by atoms with van der Waals surface area (Å²) >= 11 is 1.70. The van der Waals surface area contributed by atoms with E-state index in [2.05, 4.69) is 25.8 Å². The van der Waals surface area contributed by atoms with Gasteiger partial charge in [-0.15, -0.1) is 11.3 Å². The largest absolute Gasteiger partial charge is 0.353 e. The molecule has 1 unspecified atom stereocenters. The van der Waals surface area contributed by atoms with Crippen LogP contribution in [0.4, 0.5) is 10.9 Å². The third-order valence-electron chi connectivity index (χ3n) is 3.48. The van der Waals surface area contributed by atoms with Crippen LogP contribution in [0.3, 0.4) is 0 Å². The smallest absolute Gasteiger partial charge is 0.185 e. The van der Waals surface area contributed by atoms with Gasteiger partial charge in [-0.05, 0) is 19.1 Å². The lowest BCUT2D eigenvalue weighted by Crippen LogP contribution is -2.46. The van der Waals surface area contributed by atoms with Crippen LogP contribution in [-0.4, -0.2) is 36.1 Å². The van der Waals surface area contributed by atoms with Crippen molar-refractivity contribution in [2.75, 3.05) is 36.0 Å². The lowest BCUT2D eigenvalue weighted by molar-refractivity contribution is 0.646. The van der Waals surface area contributed by atoms with E-state index < -0.39 is 0 Å². The molecule has 0 aliphatic carbocycles. The molecule has 5 nitrogen and oxygen atoms in total. The van der Waals surface area contributed by atoms with Crippen molar-refractivity contribution in [1.82, 2.24) is 9.97 Å². The molecule has 1 aliphatic rings. The number of pyridine rings is 1. The Morgan fingerprint density at radius 3 is 2.50 bits per heavy atom. The first kappa shape index (κ1) is 13.3. The molecule has 0 saturated carbocycles. The van der Waals surface area contributed by atoms with Crippen molar-refractivity contribution in [2.24, 2.45) is 5.73 Å². The average molecular weight is 289 g/mol. The zero-order chi connectivity index (χ0) is 13.9. The average Bonchev–Trinajstić information content (AvgIpc) is 2.98. The van der Waals surface area contributed by atoms with Gasteiger partial charge in [-0.2, -0.15) is 0 Å². The highest BCUT2D eigenvalue weighted by atomic mass is 32.1. The maximum Gasteiger partial charge on any atom is 0.185 e. The predicted octanol–water partition coefficient (Wildman–Crippen LogP) is 1.88. The van der Waals surface area contributed by atoms with Crippen molar-refractivity contribution in [2.45, 2.75) is 13.0 Å². The molecule has 2 aromatic rings. The molecular formula is C14H19N5S. The van der Waals surface area contributed by atoms with Crippen molar-refractivity contribution in [1.29, 1.82) is 0 Å². The van der Waals surface area contributed by atoms with Crippen LogP contribution < -0.4 is 15.5 Å². The number of hydrogen-bond acceptors (Lipinski definition) is 6. The van der Waals surface area contributed by atoms with Crippen LogP contribution >= 0.6 is 11.3 Å². The second-order valence-corrected chi connectivity index (χ2v) is 6.04. The Hall–Kier alpha value is -1.66. The van der Waals surface area contributed by atoms with Gasteiger partial charge in [-0.25, -0.2) is 9.97 Å². The van der Waals surface area contributed by atoms with Crippen molar-refractivity contribution >= 4 is 22.3 Å². The fourth-order valence-corrected chi connectivity index (χ4v) is 3.22. The van der Waals surface area contributed by atoms with Gasteiger partial charge in [-0.1, -0.05) is 6.07 Å². The summed E-state index contributed by atoms with van der Waals surface area (Å²) in [7, 11) is 0. The number of nitrogens with two attached hydrogens (primary N) is 1. The van der Waals surface area contributed by atoms with Crippen molar-refractivity contribution in [3.8, 4) is 0 Å². The van der Waals surface area contributed by atoms with Gasteiger partial charge >= 0.3 is 0 Å². The minimum absolute atomic E-state index is 0.0658. The van der Waals surface area contributed by atoms with E-state index in [1.54, 1.807) is 11.3 Å². The number of rotatable bonds is 3. The maximum atomic E-state index is 5.89. The summed E-state index contributed by atoms with van der Waals surface area (Å²) in [6, 6.07) is 6.11. The number of piperazine rings is 1. The van der Waals surface area contributed by atoms with Gasteiger partial charge in [0.15, 0.2) is 5.13 Å². The second kappa shape index (κ2) is 5.76. The minimum atomic E-state index is 0.0658. The lowest BCUT2D eigenvalue weighted by Gasteiger charge is -2.35. The van der Waals surface area contributed by atoms with Gasteiger partial charge in [-0.3, -0.25) is 0 Å². The van der Waals surface area contributed by atoms with E-state index in [1.165, 1.54) is 0 Å². The molecule has 6 heteroatoms. The maximum absolute atomic E-state index is 5.89. The van der Waals surface area contributed by atoms with E-state index in [9.17, 15) is 0 Å². The number of aromatic nitrogens is 2. The van der Waals surface area contributed by atoms with Gasteiger partial charge < -0.3 is 15.5 Å². The fourth-order valence-electron chi connectivity index (χ4n) is 2.30. The van der Waals surface area contributed by atoms with Crippen LogP contribution in [0.25, 0.3) is 0 Å². The van der Waals surface area contributed by atoms with Crippen LogP contribution in [0.15, 0.2) is 30.6 Å². The van der Waals surface area contributed by atoms with E-state index in [0.717, 1.165) is 42.0 Å². The first-order chi connectivity index (χ1) is 9.74. The van der Waals surface area contributed by atoms with Crippen LogP contribution in [0.1, 0.15) is 17.8 Å². The highest BCUT2D eigenvalue weighted by Gasteiger charge is 2.20. The summed E-state index contributed by atoms with van der Waals surface area (Å²) < 4.78 is 0. The summed E-state index contributed by atoms with van der Waals surface area (Å²) in [4.78, 5) is 14.7. The number of hydrogen-bond donors (Lipinski definition) is 1. The third kappa shape index (κ3) is 2.76. The molecule has 1 aliphatic heterocycles. The first-order valence-electron chi connectivity index (χ1n) is 6.86. The summed E-state index contributed by atoms with van der Waals surface area (Å²) in [5, 5.41) is 1.08. The summed E-state index contributed by atoms with van der Waals surface area (Å²) in [5.74, 6) is 1.06. The highest BCUT2D eigenvalue weighted by Crippen LogP contribution is 2.27. The molecule has 0 amide bonds. The lowest BCUT2D eigenvalue weighted by atomic mass is 10.3. The van der Waals surface area contributed by atoms with Crippen LogP contribution in [0.5, 0.6) is 0 Å². The van der Waals surface area contributed by atoms with Crippen LogP contribution in [-0.2, 0) is 0 Å². The molecule has 2 N–H and O–H groups in total. The number of nitrogens with zero attached hydrogens (tertiary/aromatic N) is 4. The summed E-state index contributed by atoms with van der Waals surface area (Å²) in [6.45, 7) is 5.90. The van der Waals surface area contributed by atoms with E-state index in [0.29, 0.717) is 0 Å². The first-order valence-corrected chi connectivity index (χ1v) is 7.68. The van der Waals surface area contributed by atoms with Gasteiger partial charge in [0.2, 0.25) is 0 Å². The van der Waals surface area contributed by atoms with Gasteiger partial charge in [0.05, 0.1) is 0 Å². The SMILES string of the molecule is CC(N)c1cnc(N2CCN(c3ccccn3)CC2)s1. The summed E-state index contributed by atoms with van der Waals surface area (Å²) in [5.41, 5.74) is 5.89. The molecule has 1 atom stereocenters. The molecule has 0 radical (unpaired) electrons. The molecule has 0 bridgehead atoms. The molecule has 0 spiro atoms. The molecular weight excluding hydrogens is 270 g/mol. The third-order valence-corrected chi connectivity index (χ3v) is 4.74. The quantitative estimate of drug-likeness (QED) is 0.935. The molecule has 2 aromatic heterocycles. The van der Waals surface area contributed by atoms with E-state index in [4.69, 9.17) is 5.73 Å². The fraction of sp³-hybridized carbons (Fsp3) is 0.429. The minimum Gasteiger partial charge on any atom is -0.353 e. The monoisotopic (exact) mass is 289 g/mol. The molecule has 0 aromatic carbocycles. The normalized spacial score (nSPS) is 17.3. The Labute approximate surface area is 123 Å². The Bertz CT molecular complexity index is 546. The van der Waals surface area contributed by atoms with Gasteiger partial charge in [0.25, 0.3) is 0 Å². The predicted molar refractivity (Wildman–Crippen MR) is 83.4 cm³/mol. The van der Waals surface area contributed by atoms with E-state index >= 15 is 0 Å². The van der Waals surface area contributed by atoms with Crippen molar-refractivity contribution in [3.63, 3.8) is 0 Å². The Balaban J connectivity index is 1.63. The number of thiazole rings is 1.